The van der Waals surface area contributed by atoms with Crippen LogP contribution >= 0.6 is 0 Å². The summed E-state index contributed by atoms with van der Waals surface area (Å²) >= 11 is 0. The van der Waals surface area contributed by atoms with Gasteiger partial charge in [0.05, 0.1) is 11.3 Å². The monoisotopic (exact) mass is 404 g/mol. The van der Waals surface area contributed by atoms with Gasteiger partial charge in [0.2, 0.25) is 11.9 Å². The minimum Gasteiger partial charge on any atom is -0.441 e. The Labute approximate surface area is 163 Å². The highest BCUT2D eigenvalue weighted by atomic mass is 19.4. The standard InChI is InChI=1S/C20H15F3N2O4/c1-12-10-16(29-25-12)19(27)28-17(13-6-3-2-4-7-13)18(26)24-15-9-5-8-14(11-15)20(21,22)23/h2-11,17H,1H3,(H,24,26)/t17-/m1/s1. The van der Waals surface area contributed by atoms with Gasteiger partial charge in [-0.25, -0.2) is 4.79 Å². The van der Waals surface area contributed by atoms with Gasteiger partial charge < -0.3 is 14.6 Å². The van der Waals surface area contributed by atoms with Crippen molar-refractivity contribution in [3.05, 3.63) is 83.2 Å². The zero-order valence-corrected chi connectivity index (χ0v) is 15.1. The number of amides is 1. The van der Waals surface area contributed by atoms with E-state index in [0.29, 0.717) is 11.3 Å². The van der Waals surface area contributed by atoms with Crippen molar-refractivity contribution in [3.63, 3.8) is 0 Å². The molecule has 1 heterocycles. The second-order valence-electron chi connectivity index (χ2n) is 6.10. The SMILES string of the molecule is Cc1cc(C(=O)O[C@@H](C(=O)Nc2cccc(C(F)(F)F)c2)c2ccccc2)on1. The summed E-state index contributed by atoms with van der Waals surface area (Å²) in [5, 5.41) is 5.93. The summed E-state index contributed by atoms with van der Waals surface area (Å²) in [5.41, 5.74) is -0.221. The molecule has 3 rings (SSSR count). The fourth-order valence-electron chi connectivity index (χ4n) is 2.51. The molecule has 150 valence electrons. The Balaban J connectivity index is 1.84. The van der Waals surface area contributed by atoms with Gasteiger partial charge in [-0.05, 0) is 25.1 Å². The van der Waals surface area contributed by atoms with Crippen molar-refractivity contribution < 1.29 is 32.0 Å². The van der Waals surface area contributed by atoms with Gasteiger partial charge in [-0.1, -0.05) is 41.6 Å². The third kappa shape index (κ3) is 5.01. The molecule has 0 fully saturated rings. The highest BCUT2D eigenvalue weighted by Gasteiger charge is 2.31. The number of carbonyl (C=O) groups is 2. The maximum atomic E-state index is 12.9. The van der Waals surface area contributed by atoms with Crippen molar-refractivity contribution >= 4 is 17.6 Å². The van der Waals surface area contributed by atoms with Gasteiger partial charge in [0.15, 0.2) is 0 Å². The smallest absolute Gasteiger partial charge is 0.416 e. The lowest BCUT2D eigenvalue weighted by Crippen LogP contribution is -2.26. The molecule has 9 heteroatoms. The van der Waals surface area contributed by atoms with Crippen LogP contribution in [0.2, 0.25) is 0 Å². The summed E-state index contributed by atoms with van der Waals surface area (Å²) in [6.07, 6.45) is -5.97. The Morgan fingerprint density at radius 2 is 1.79 bits per heavy atom. The molecule has 6 nitrogen and oxygen atoms in total. The van der Waals surface area contributed by atoms with Crippen LogP contribution in [-0.2, 0) is 15.7 Å². The first-order valence-electron chi connectivity index (χ1n) is 8.41. The summed E-state index contributed by atoms with van der Waals surface area (Å²) in [4.78, 5) is 25.0. The van der Waals surface area contributed by atoms with Crippen LogP contribution in [0.5, 0.6) is 0 Å². The average molecular weight is 404 g/mol. The minimum atomic E-state index is -4.56. The van der Waals surface area contributed by atoms with E-state index in [1.54, 1.807) is 37.3 Å². The van der Waals surface area contributed by atoms with Crippen LogP contribution in [-0.4, -0.2) is 17.0 Å². The molecule has 0 aliphatic heterocycles. The predicted molar refractivity (Wildman–Crippen MR) is 95.9 cm³/mol. The van der Waals surface area contributed by atoms with E-state index in [9.17, 15) is 22.8 Å². The number of nitrogens with zero attached hydrogens (tertiary/aromatic N) is 1. The Hall–Kier alpha value is -3.62. The number of rotatable bonds is 5. The van der Waals surface area contributed by atoms with Crippen LogP contribution < -0.4 is 5.32 Å². The number of carbonyl (C=O) groups excluding carboxylic acids is 2. The Morgan fingerprint density at radius 1 is 1.07 bits per heavy atom. The lowest BCUT2D eigenvalue weighted by Gasteiger charge is -2.18. The molecule has 1 N–H and O–H groups in total. The summed E-state index contributed by atoms with van der Waals surface area (Å²) in [7, 11) is 0. The summed E-state index contributed by atoms with van der Waals surface area (Å²) in [5.74, 6) is -1.95. The third-order valence-electron chi connectivity index (χ3n) is 3.85. The lowest BCUT2D eigenvalue weighted by molar-refractivity contribution is -0.137. The second-order valence-corrected chi connectivity index (χ2v) is 6.10. The van der Waals surface area contributed by atoms with E-state index in [2.05, 4.69) is 10.5 Å². The van der Waals surface area contributed by atoms with Crippen molar-refractivity contribution in [1.82, 2.24) is 5.16 Å². The number of hydrogen-bond donors (Lipinski definition) is 1. The van der Waals surface area contributed by atoms with E-state index in [4.69, 9.17) is 9.26 Å². The summed E-state index contributed by atoms with van der Waals surface area (Å²) in [6, 6.07) is 13.6. The fourth-order valence-corrected chi connectivity index (χ4v) is 2.51. The molecule has 1 amide bonds. The summed E-state index contributed by atoms with van der Waals surface area (Å²) < 4.78 is 48.8. The van der Waals surface area contributed by atoms with Gasteiger partial charge in [-0.3, -0.25) is 4.79 Å². The molecule has 0 bridgehead atoms. The first-order chi connectivity index (χ1) is 13.7. The van der Waals surface area contributed by atoms with E-state index in [1.807, 2.05) is 0 Å². The number of nitrogens with one attached hydrogen (secondary N) is 1. The number of esters is 1. The Morgan fingerprint density at radius 3 is 2.41 bits per heavy atom. The number of alkyl halides is 3. The number of hydrogen-bond acceptors (Lipinski definition) is 5. The quantitative estimate of drug-likeness (QED) is 0.632. The van der Waals surface area contributed by atoms with Crippen molar-refractivity contribution in [2.24, 2.45) is 0 Å². The van der Waals surface area contributed by atoms with E-state index in [0.717, 1.165) is 12.1 Å². The Kier molecular flexibility index (Phi) is 5.67. The molecule has 0 saturated heterocycles. The molecule has 0 radical (unpaired) electrons. The van der Waals surface area contributed by atoms with Crippen LogP contribution in [0.15, 0.2) is 65.2 Å². The van der Waals surface area contributed by atoms with Crippen molar-refractivity contribution in [2.75, 3.05) is 5.32 Å². The number of aromatic nitrogens is 1. The van der Waals surface area contributed by atoms with Crippen molar-refractivity contribution in [1.29, 1.82) is 0 Å². The van der Waals surface area contributed by atoms with Crippen LogP contribution in [0.3, 0.4) is 0 Å². The zero-order chi connectivity index (χ0) is 21.0. The highest BCUT2D eigenvalue weighted by molar-refractivity contribution is 5.97. The van der Waals surface area contributed by atoms with Gasteiger partial charge in [-0.2, -0.15) is 13.2 Å². The normalized spacial score (nSPS) is 12.3. The van der Waals surface area contributed by atoms with Gasteiger partial charge >= 0.3 is 12.1 Å². The predicted octanol–water partition coefficient (Wildman–Crippen LogP) is 4.54. The third-order valence-corrected chi connectivity index (χ3v) is 3.85. The maximum absolute atomic E-state index is 12.9. The molecule has 1 aromatic heterocycles. The molecular formula is C20H15F3N2O4. The molecule has 0 unspecified atom stereocenters. The highest BCUT2D eigenvalue weighted by Crippen LogP contribution is 2.31. The number of ether oxygens (including phenoxy) is 1. The first kappa shape index (κ1) is 20.1. The molecular weight excluding hydrogens is 389 g/mol. The molecule has 0 spiro atoms. The van der Waals surface area contributed by atoms with E-state index in [1.165, 1.54) is 18.2 Å². The maximum Gasteiger partial charge on any atom is 0.416 e. The number of anilines is 1. The van der Waals surface area contributed by atoms with E-state index >= 15 is 0 Å². The summed E-state index contributed by atoms with van der Waals surface area (Å²) in [6.45, 7) is 1.61. The van der Waals surface area contributed by atoms with Gasteiger partial charge in [0.1, 0.15) is 0 Å². The van der Waals surface area contributed by atoms with Crippen LogP contribution in [0, 0.1) is 6.92 Å². The van der Waals surface area contributed by atoms with E-state index < -0.39 is 29.7 Å². The van der Waals surface area contributed by atoms with Crippen LogP contribution in [0.25, 0.3) is 0 Å². The van der Waals surface area contributed by atoms with Gasteiger partial charge in [0.25, 0.3) is 5.91 Å². The minimum absolute atomic E-state index is 0.0858. The Bertz CT molecular complexity index is 1020. The average Bonchev–Trinajstić information content (AvgIpc) is 3.12. The molecule has 1 atom stereocenters. The van der Waals surface area contributed by atoms with Crippen molar-refractivity contribution in [2.45, 2.75) is 19.2 Å². The largest absolute Gasteiger partial charge is 0.441 e. The van der Waals surface area contributed by atoms with Crippen LogP contribution in [0.1, 0.15) is 33.5 Å². The van der Waals surface area contributed by atoms with E-state index in [-0.39, 0.29) is 11.4 Å². The van der Waals surface area contributed by atoms with Gasteiger partial charge in [-0.15, -0.1) is 0 Å². The van der Waals surface area contributed by atoms with Gasteiger partial charge in [0, 0.05) is 17.3 Å². The first-order valence-corrected chi connectivity index (χ1v) is 8.41. The molecule has 0 aliphatic rings. The molecule has 0 saturated carbocycles. The molecule has 29 heavy (non-hydrogen) atoms. The molecule has 2 aromatic carbocycles. The zero-order valence-electron chi connectivity index (χ0n) is 15.1. The molecule has 3 aromatic rings. The number of halogens is 3. The fraction of sp³-hybridized carbons (Fsp3) is 0.150. The lowest BCUT2D eigenvalue weighted by atomic mass is 10.1. The van der Waals surface area contributed by atoms with Crippen LogP contribution in [0.4, 0.5) is 18.9 Å². The topological polar surface area (TPSA) is 81.4 Å². The molecule has 0 aliphatic carbocycles. The number of benzene rings is 2. The van der Waals surface area contributed by atoms with Crippen molar-refractivity contribution in [3.8, 4) is 0 Å². The number of aryl methyl sites for hydroxylation is 1. The second kappa shape index (κ2) is 8.17.